The monoisotopic (exact) mass is 310 g/mol. The highest BCUT2D eigenvalue weighted by atomic mass is 16.2. The van der Waals surface area contributed by atoms with Crippen LogP contribution in [0.4, 0.5) is 0 Å². The molecule has 0 N–H and O–H groups in total. The molecule has 4 rings (SSSR count). The van der Waals surface area contributed by atoms with E-state index < -0.39 is 5.92 Å². The van der Waals surface area contributed by atoms with Gasteiger partial charge in [0.1, 0.15) is 5.92 Å². The van der Waals surface area contributed by atoms with Gasteiger partial charge in [-0.25, -0.2) is 4.99 Å². The Morgan fingerprint density at radius 1 is 1.00 bits per heavy atom. The average Bonchev–Trinajstić information content (AvgIpc) is 3.40. The highest BCUT2D eigenvalue weighted by molar-refractivity contribution is 6.06. The summed E-state index contributed by atoms with van der Waals surface area (Å²) >= 11 is 0. The number of hydrogen-bond donors (Lipinski definition) is 0. The quantitative estimate of drug-likeness (QED) is 0.796. The lowest BCUT2D eigenvalue weighted by Gasteiger charge is -2.36. The fourth-order valence-electron chi connectivity index (χ4n) is 3.88. The van der Waals surface area contributed by atoms with Crippen LogP contribution in [0.2, 0.25) is 0 Å². The highest BCUT2D eigenvalue weighted by Gasteiger charge is 2.41. The Morgan fingerprint density at radius 2 is 1.70 bits per heavy atom. The maximum Gasteiger partial charge on any atom is 0.262 e. The van der Waals surface area contributed by atoms with Crippen molar-refractivity contribution < 1.29 is 9.59 Å². The number of hydrogen-bond acceptors (Lipinski definition) is 2. The Kier molecular flexibility index (Phi) is 3.76. The molecular formula is C19H22N2O2. The number of carbonyl (C=O) groups is 2. The molecule has 3 aliphatic rings. The van der Waals surface area contributed by atoms with Crippen LogP contribution in [0, 0.1) is 5.92 Å². The van der Waals surface area contributed by atoms with E-state index >= 15 is 0 Å². The largest absolute Gasteiger partial charge is 0.336 e. The van der Waals surface area contributed by atoms with Gasteiger partial charge in [0.05, 0.1) is 5.36 Å². The summed E-state index contributed by atoms with van der Waals surface area (Å²) in [5.74, 6) is -1.06. The van der Waals surface area contributed by atoms with Gasteiger partial charge in [0.25, 0.3) is 5.91 Å². The summed E-state index contributed by atoms with van der Waals surface area (Å²) in [4.78, 5) is 31.7. The molecule has 120 valence electrons. The number of nitrogens with zero attached hydrogens (tertiary/aromatic N) is 2. The second-order valence-corrected chi connectivity index (χ2v) is 6.92. The molecule has 4 nitrogen and oxygen atoms in total. The SMILES string of the molecule is O=C1N=c2ccccc2=CC1C(=O)N(C1CCCCC1)C1CC1. The maximum absolute atomic E-state index is 13.1. The van der Waals surface area contributed by atoms with Crippen LogP contribution >= 0.6 is 0 Å². The van der Waals surface area contributed by atoms with Crippen molar-refractivity contribution in [2.24, 2.45) is 10.9 Å². The van der Waals surface area contributed by atoms with Crippen molar-refractivity contribution in [3.8, 4) is 0 Å². The van der Waals surface area contributed by atoms with Gasteiger partial charge < -0.3 is 4.90 Å². The Morgan fingerprint density at radius 3 is 2.43 bits per heavy atom. The molecule has 0 radical (unpaired) electrons. The standard InChI is InChI=1S/C19H22N2O2/c22-18-16(12-13-6-4-5-9-17(13)20-18)19(23)21(15-10-11-15)14-7-2-1-3-8-14/h4-6,9,12,14-16H,1-3,7-8,10-11H2. The van der Waals surface area contributed by atoms with Gasteiger partial charge in [-0.1, -0.05) is 43.5 Å². The first-order chi connectivity index (χ1) is 11.2. The second kappa shape index (κ2) is 5.91. The summed E-state index contributed by atoms with van der Waals surface area (Å²) < 4.78 is 0. The Bertz CT molecular complexity index is 745. The molecule has 0 bridgehead atoms. The van der Waals surface area contributed by atoms with Crippen LogP contribution in [-0.2, 0) is 9.59 Å². The molecule has 2 saturated carbocycles. The molecule has 0 spiro atoms. The van der Waals surface area contributed by atoms with E-state index in [1.165, 1.54) is 19.3 Å². The predicted octanol–water partition coefficient (Wildman–Crippen LogP) is 1.57. The summed E-state index contributed by atoms with van der Waals surface area (Å²) in [5.41, 5.74) is 0. The van der Waals surface area contributed by atoms with Gasteiger partial charge in [0.2, 0.25) is 5.91 Å². The molecule has 1 unspecified atom stereocenters. The number of carbonyl (C=O) groups excluding carboxylic acids is 2. The zero-order valence-corrected chi connectivity index (χ0v) is 13.3. The van der Waals surface area contributed by atoms with E-state index in [4.69, 9.17) is 0 Å². The third-order valence-corrected chi connectivity index (χ3v) is 5.21. The zero-order valence-electron chi connectivity index (χ0n) is 13.3. The van der Waals surface area contributed by atoms with Crippen LogP contribution in [0.25, 0.3) is 6.08 Å². The van der Waals surface area contributed by atoms with E-state index in [-0.39, 0.29) is 11.8 Å². The minimum absolute atomic E-state index is 0.0253. The van der Waals surface area contributed by atoms with Gasteiger partial charge in [-0.05, 0) is 37.0 Å². The first-order valence-corrected chi connectivity index (χ1v) is 8.76. The molecule has 0 aromatic heterocycles. The van der Waals surface area contributed by atoms with Gasteiger partial charge in [-0.3, -0.25) is 9.59 Å². The molecule has 1 heterocycles. The third-order valence-electron chi connectivity index (χ3n) is 5.21. The van der Waals surface area contributed by atoms with E-state index in [1.54, 1.807) is 0 Å². The molecule has 23 heavy (non-hydrogen) atoms. The van der Waals surface area contributed by atoms with Crippen molar-refractivity contribution in [2.45, 2.75) is 57.0 Å². The molecule has 0 saturated heterocycles. The van der Waals surface area contributed by atoms with E-state index in [9.17, 15) is 9.59 Å². The van der Waals surface area contributed by atoms with Gasteiger partial charge in [-0.15, -0.1) is 0 Å². The van der Waals surface area contributed by atoms with Crippen molar-refractivity contribution in [1.29, 1.82) is 0 Å². The number of para-hydroxylation sites is 1. The summed E-state index contributed by atoms with van der Waals surface area (Å²) in [5, 5.41) is 1.57. The van der Waals surface area contributed by atoms with E-state index in [2.05, 4.69) is 4.99 Å². The van der Waals surface area contributed by atoms with Crippen LogP contribution in [0.15, 0.2) is 29.3 Å². The normalized spacial score (nSPS) is 24.3. The first-order valence-electron chi connectivity index (χ1n) is 8.76. The van der Waals surface area contributed by atoms with Crippen molar-refractivity contribution in [3.63, 3.8) is 0 Å². The van der Waals surface area contributed by atoms with Crippen LogP contribution in [-0.4, -0.2) is 28.8 Å². The lowest BCUT2D eigenvalue weighted by Crippen LogP contribution is -2.48. The predicted molar refractivity (Wildman–Crippen MR) is 86.9 cm³/mol. The van der Waals surface area contributed by atoms with Crippen LogP contribution < -0.4 is 10.6 Å². The number of rotatable bonds is 3. The number of fused-ring (bicyclic) bond motifs is 1. The fourth-order valence-corrected chi connectivity index (χ4v) is 3.88. The first kappa shape index (κ1) is 14.6. The summed E-state index contributed by atoms with van der Waals surface area (Å²) in [6.45, 7) is 0. The molecule has 1 atom stereocenters. The van der Waals surface area contributed by atoms with Crippen LogP contribution in [0.1, 0.15) is 44.9 Å². The number of amides is 2. The second-order valence-electron chi connectivity index (χ2n) is 6.92. The zero-order chi connectivity index (χ0) is 15.8. The van der Waals surface area contributed by atoms with Gasteiger partial charge in [0, 0.05) is 12.1 Å². The van der Waals surface area contributed by atoms with Gasteiger partial charge in [-0.2, -0.15) is 0 Å². The minimum Gasteiger partial charge on any atom is -0.336 e. The van der Waals surface area contributed by atoms with E-state index in [0.29, 0.717) is 17.4 Å². The molecule has 2 fully saturated rings. The third kappa shape index (κ3) is 2.82. The fraction of sp³-hybridized carbons (Fsp3) is 0.526. The van der Waals surface area contributed by atoms with E-state index in [1.807, 2.05) is 35.2 Å². The summed E-state index contributed by atoms with van der Waals surface area (Å²) in [6.07, 6.45) is 9.78. The smallest absolute Gasteiger partial charge is 0.262 e. The van der Waals surface area contributed by atoms with Gasteiger partial charge >= 0.3 is 0 Å². The summed E-state index contributed by atoms with van der Waals surface area (Å²) in [6, 6.07) is 8.20. The topological polar surface area (TPSA) is 49.7 Å². The van der Waals surface area contributed by atoms with Crippen molar-refractivity contribution in [2.75, 3.05) is 0 Å². The van der Waals surface area contributed by atoms with Crippen LogP contribution in [0.5, 0.6) is 0 Å². The molecule has 1 aromatic rings. The molecular weight excluding hydrogens is 288 g/mol. The van der Waals surface area contributed by atoms with Crippen molar-refractivity contribution in [3.05, 3.63) is 34.8 Å². The Labute approximate surface area is 135 Å². The molecule has 1 aromatic carbocycles. The molecule has 2 amide bonds. The molecule has 1 aliphatic heterocycles. The number of benzene rings is 1. The molecule has 2 aliphatic carbocycles. The van der Waals surface area contributed by atoms with Crippen LogP contribution in [0.3, 0.4) is 0 Å². The lowest BCUT2D eigenvalue weighted by molar-refractivity contribution is -0.141. The lowest BCUT2D eigenvalue weighted by atomic mass is 9.92. The summed E-state index contributed by atoms with van der Waals surface area (Å²) in [7, 11) is 0. The molecule has 4 heteroatoms. The van der Waals surface area contributed by atoms with Gasteiger partial charge in [0.15, 0.2) is 0 Å². The highest BCUT2D eigenvalue weighted by Crippen LogP contribution is 2.35. The van der Waals surface area contributed by atoms with Crippen molar-refractivity contribution in [1.82, 2.24) is 4.90 Å². The maximum atomic E-state index is 13.1. The Hall–Kier alpha value is -1.97. The Balaban J connectivity index is 1.64. The van der Waals surface area contributed by atoms with E-state index in [0.717, 1.165) is 30.9 Å². The minimum atomic E-state index is -0.729. The van der Waals surface area contributed by atoms with Crippen molar-refractivity contribution >= 4 is 17.9 Å². The average molecular weight is 310 g/mol.